The zero-order valence-electron chi connectivity index (χ0n) is 14.2. The maximum Gasteiger partial charge on any atom is 0.287 e. The van der Waals surface area contributed by atoms with Crippen molar-refractivity contribution in [1.29, 1.82) is 0 Å². The first-order valence-corrected chi connectivity index (χ1v) is 8.38. The molecule has 0 saturated carbocycles. The number of carbonyl (C=O) groups is 2. The number of nitrogens with zero attached hydrogens (tertiary/aromatic N) is 3. The summed E-state index contributed by atoms with van der Waals surface area (Å²) in [5.74, 6) is -0.229. The van der Waals surface area contributed by atoms with Gasteiger partial charge in [0.05, 0.1) is 6.26 Å². The van der Waals surface area contributed by atoms with E-state index in [-0.39, 0.29) is 17.6 Å². The Kier molecular flexibility index (Phi) is 5.45. The molecule has 25 heavy (non-hydrogen) atoms. The van der Waals surface area contributed by atoms with E-state index >= 15 is 0 Å². The highest BCUT2D eigenvalue weighted by Gasteiger charge is 2.26. The van der Waals surface area contributed by atoms with Crippen molar-refractivity contribution in [1.82, 2.24) is 20.1 Å². The second-order valence-electron chi connectivity index (χ2n) is 6.13. The maximum atomic E-state index is 12.5. The normalized spacial score (nSPS) is 16.4. The molecule has 7 nitrogen and oxygen atoms in total. The van der Waals surface area contributed by atoms with Gasteiger partial charge in [-0.15, -0.1) is 0 Å². The molecular weight excluding hydrogens is 320 g/mol. The van der Waals surface area contributed by atoms with Crippen LogP contribution < -0.4 is 5.32 Å². The number of aromatic nitrogens is 1. The van der Waals surface area contributed by atoms with Crippen molar-refractivity contribution in [3.8, 4) is 0 Å². The molecule has 0 spiro atoms. The Bertz CT molecular complexity index is 694. The van der Waals surface area contributed by atoms with E-state index in [0.29, 0.717) is 13.1 Å². The van der Waals surface area contributed by atoms with Crippen LogP contribution >= 0.6 is 0 Å². The van der Waals surface area contributed by atoms with E-state index in [4.69, 9.17) is 4.42 Å². The van der Waals surface area contributed by atoms with Gasteiger partial charge in [-0.3, -0.25) is 19.5 Å². The Hall–Kier alpha value is -2.67. The van der Waals surface area contributed by atoms with Crippen LogP contribution in [-0.2, 0) is 11.3 Å². The second-order valence-corrected chi connectivity index (χ2v) is 6.13. The quantitative estimate of drug-likeness (QED) is 0.881. The molecule has 3 heterocycles. The molecule has 1 aliphatic heterocycles. The van der Waals surface area contributed by atoms with Crippen molar-refractivity contribution in [2.45, 2.75) is 19.5 Å². The van der Waals surface area contributed by atoms with Crippen molar-refractivity contribution < 1.29 is 14.0 Å². The van der Waals surface area contributed by atoms with Crippen LogP contribution in [-0.4, -0.2) is 58.8 Å². The number of rotatable bonds is 5. The molecule has 1 fully saturated rings. The highest BCUT2D eigenvalue weighted by atomic mass is 16.3. The maximum absolute atomic E-state index is 12.5. The Morgan fingerprint density at radius 2 is 1.92 bits per heavy atom. The van der Waals surface area contributed by atoms with E-state index in [1.807, 2.05) is 12.1 Å². The molecule has 1 unspecified atom stereocenters. The van der Waals surface area contributed by atoms with Gasteiger partial charge in [0.2, 0.25) is 5.91 Å². The molecule has 132 valence electrons. The molecule has 0 radical (unpaired) electrons. The third kappa shape index (κ3) is 4.45. The fourth-order valence-corrected chi connectivity index (χ4v) is 2.88. The standard InChI is InChI=1S/C18H22N4O3/c1-14(20-17(23)16-3-2-12-25-16)18(24)22-10-8-21(9-11-22)13-15-4-6-19-7-5-15/h2-7,12,14H,8-11,13H2,1H3,(H,20,23). The molecule has 0 aliphatic carbocycles. The van der Waals surface area contributed by atoms with Gasteiger partial charge in [-0.25, -0.2) is 0 Å². The van der Waals surface area contributed by atoms with Crippen LogP contribution in [0.2, 0.25) is 0 Å². The predicted molar refractivity (Wildman–Crippen MR) is 91.7 cm³/mol. The molecule has 1 N–H and O–H groups in total. The number of pyridine rings is 1. The highest BCUT2D eigenvalue weighted by Crippen LogP contribution is 2.09. The summed E-state index contributed by atoms with van der Waals surface area (Å²) in [5.41, 5.74) is 1.22. The minimum atomic E-state index is -0.579. The number of carbonyl (C=O) groups excluding carboxylic acids is 2. The number of nitrogens with one attached hydrogen (secondary N) is 1. The fraction of sp³-hybridized carbons (Fsp3) is 0.389. The Morgan fingerprint density at radius 1 is 1.20 bits per heavy atom. The molecule has 3 rings (SSSR count). The smallest absolute Gasteiger partial charge is 0.287 e. The van der Waals surface area contributed by atoms with E-state index in [1.54, 1.807) is 36.4 Å². The lowest BCUT2D eigenvalue weighted by molar-refractivity contribution is -0.134. The molecule has 1 atom stereocenters. The highest BCUT2D eigenvalue weighted by molar-refractivity contribution is 5.95. The summed E-state index contributed by atoms with van der Waals surface area (Å²) in [6.07, 6.45) is 5.01. The summed E-state index contributed by atoms with van der Waals surface area (Å²) in [6, 6.07) is 6.64. The SMILES string of the molecule is CC(NC(=O)c1ccco1)C(=O)N1CCN(Cc2ccncc2)CC1. The molecule has 0 bridgehead atoms. The van der Waals surface area contributed by atoms with Crippen molar-refractivity contribution >= 4 is 11.8 Å². The Balaban J connectivity index is 1.47. The zero-order chi connectivity index (χ0) is 17.6. The monoisotopic (exact) mass is 342 g/mol. The van der Waals surface area contributed by atoms with Crippen LogP contribution in [0.15, 0.2) is 47.3 Å². The van der Waals surface area contributed by atoms with Crippen molar-refractivity contribution in [3.63, 3.8) is 0 Å². The summed E-state index contributed by atoms with van der Waals surface area (Å²) < 4.78 is 5.04. The topological polar surface area (TPSA) is 78.7 Å². The molecule has 2 aromatic heterocycles. The van der Waals surface area contributed by atoms with Crippen molar-refractivity contribution in [2.75, 3.05) is 26.2 Å². The van der Waals surface area contributed by atoms with Crippen LogP contribution in [0.25, 0.3) is 0 Å². The van der Waals surface area contributed by atoms with Crippen LogP contribution in [0, 0.1) is 0 Å². The lowest BCUT2D eigenvalue weighted by atomic mass is 10.2. The predicted octanol–water partition coefficient (Wildman–Crippen LogP) is 1.14. The van der Waals surface area contributed by atoms with E-state index in [0.717, 1.165) is 19.6 Å². The van der Waals surface area contributed by atoms with Crippen LogP contribution in [0.3, 0.4) is 0 Å². The molecule has 1 aliphatic rings. The third-order valence-corrected chi connectivity index (χ3v) is 4.30. The van der Waals surface area contributed by atoms with Gasteiger partial charge in [-0.05, 0) is 36.8 Å². The molecule has 1 saturated heterocycles. The second kappa shape index (κ2) is 7.94. The Morgan fingerprint density at radius 3 is 2.56 bits per heavy atom. The van der Waals surface area contributed by atoms with Gasteiger partial charge in [0.1, 0.15) is 6.04 Å². The van der Waals surface area contributed by atoms with E-state index in [2.05, 4.69) is 15.2 Å². The van der Waals surface area contributed by atoms with Gasteiger partial charge in [-0.1, -0.05) is 0 Å². The molecule has 7 heteroatoms. The average molecular weight is 342 g/mol. The van der Waals surface area contributed by atoms with E-state index in [1.165, 1.54) is 11.8 Å². The molecule has 2 aromatic rings. The first kappa shape index (κ1) is 17.2. The zero-order valence-corrected chi connectivity index (χ0v) is 14.2. The van der Waals surface area contributed by atoms with Gasteiger partial charge < -0.3 is 14.6 Å². The number of amides is 2. The number of piperazine rings is 1. The van der Waals surface area contributed by atoms with Crippen molar-refractivity contribution in [3.05, 3.63) is 54.2 Å². The first-order chi connectivity index (χ1) is 12.1. The van der Waals surface area contributed by atoms with Crippen molar-refractivity contribution in [2.24, 2.45) is 0 Å². The largest absolute Gasteiger partial charge is 0.459 e. The lowest BCUT2D eigenvalue weighted by Crippen LogP contribution is -2.53. The first-order valence-electron chi connectivity index (χ1n) is 8.38. The van der Waals surface area contributed by atoms with Gasteiger partial charge >= 0.3 is 0 Å². The van der Waals surface area contributed by atoms with Gasteiger partial charge in [0.15, 0.2) is 5.76 Å². The number of hydrogen-bond donors (Lipinski definition) is 1. The van der Waals surface area contributed by atoms with E-state index < -0.39 is 6.04 Å². The summed E-state index contributed by atoms with van der Waals surface area (Å²) in [7, 11) is 0. The summed E-state index contributed by atoms with van der Waals surface area (Å²) >= 11 is 0. The van der Waals surface area contributed by atoms with Crippen LogP contribution in [0.1, 0.15) is 23.0 Å². The number of furan rings is 1. The number of hydrogen-bond acceptors (Lipinski definition) is 5. The van der Waals surface area contributed by atoms with Gasteiger partial charge in [0.25, 0.3) is 5.91 Å². The minimum absolute atomic E-state index is 0.0662. The van der Waals surface area contributed by atoms with E-state index in [9.17, 15) is 9.59 Å². The average Bonchev–Trinajstić information content (AvgIpc) is 3.17. The van der Waals surface area contributed by atoms with Crippen LogP contribution in [0.4, 0.5) is 0 Å². The van der Waals surface area contributed by atoms with Gasteiger partial charge in [0, 0.05) is 45.1 Å². The fourth-order valence-electron chi connectivity index (χ4n) is 2.88. The minimum Gasteiger partial charge on any atom is -0.459 e. The van der Waals surface area contributed by atoms with Gasteiger partial charge in [-0.2, -0.15) is 0 Å². The molecule has 2 amide bonds. The molecule has 0 aromatic carbocycles. The Labute approximate surface area is 146 Å². The summed E-state index contributed by atoms with van der Waals surface area (Å²) in [5, 5.41) is 2.69. The third-order valence-electron chi connectivity index (χ3n) is 4.30. The van der Waals surface area contributed by atoms with Crippen LogP contribution in [0.5, 0.6) is 0 Å². The summed E-state index contributed by atoms with van der Waals surface area (Å²) in [6.45, 7) is 5.50. The lowest BCUT2D eigenvalue weighted by Gasteiger charge is -2.36. The summed E-state index contributed by atoms with van der Waals surface area (Å²) in [4.78, 5) is 32.6. The molecular formula is C18H22N4O3.